The smallest absolute Gasteiger partial charge is 0.115 e. The van der Waals surface area contributed by atoms with Gasteiger partial charge in [0, 0.05) is 25.8 Å². The molecule has 0 atom stereocenters. The van der Waals surface area contributed by atoms with Crippen molar-refractivity contribution in [2.45, 2.75) is 40.5 Å². The van der Waals surface area contributed by atoms with Gasteiger partial charge < -0.3 is 10.3 Å². The number of hydrazine groups is 1. The molecule has 0 unspecified atom stereocenters. The second-order valence-electron chi connectivity index (χ2n) is 4.05. The highest BCUT2D eigenvalue weighted by Crippen LogP contribution is 2.07. The van der Waals surface area contributed by atoms with Crippen LogP contribution in [0.2, 0.25) is 0 Å². The van der Waals surface area contributed by atoms with Gasteiger partial charge in [0.15, 0.2) is 0 Å². The zero-order valence-electron chi connectivity index (χ0n) is 11.5. The summed E-state index contributed by atoms with van der Waals surface area (Å²) in [5, 5.41) is 1.99. The Bertz CT molecular complexity index is 227. The minimum Gasteiger partial charge on any atom is -0.357 e. The lowest BCUT2D eigenvalue weighted by atomic mass is 10.3. The van der Waals surface area contributed by atoms with Crippen LogP contribution in [0.5, 0.6) is 0 Å². The highest BCUT2D eigenvalue weighted by molar-refractivity contribution is 4.97. The standard InChI is InChI=1S/C13H27N3/c1-7-10-16(11-8-2)13(5)15(6)14-12(4)9-3/h9,14H,5,7-8,10-11H2,1-4,6H3/b12-9-. The minimum absolute atomic E-state index is 1.03. The van der Waals surface area contributed by atoms with E-state index >= 15 is 0 Å². The molecule has 16 heavy (non-hydrogen) atoms. The van der Waals surface area contributed by atoms with Gasteiger partial charge in [-0.15, -0.1) is 0 Å². The van der Waals surface area contributed by atoms with Gasteiger partial charge in [-0.05, 0) is 26.7 Å². The van der Waals surface area contributed by atoms with Crippen LogP contribution in [0.4, 0.5) is 0 Å². The van der Waals surface area contributed by atoms with E-state index in [0.29, 0.717) is 0 Å². The Labute approximate surface area is 101 Å². The molecular weight excluding hydrogens is 198 g/mol. The van der Waals surface area contributed by atoms with Crippen LogP contribution < -0.4 is 5.43 Å². The average Bonchev–Trinajstić information content (AvgIpc) is 2.27. The van der Waals surface area contributed by atoms with Crippen molar-refractivity contribution in [1.82, 2.24) is 15.3 Å². The van der Waals surface area contributed by atoms with E-state index in [0.717, 1.165) is 37.4 Å². The molecule has 0 aromatic carbocycles. The maximum Gasteiger partial charge on any atom is 0.115 e. The summed E-state index contributed by atoms with van der Waals surface area (Å²) in [5.41, 5.74) is 4.42. The molecule has 94 valence electrons. The first kappa shape index (κ1) is 14.9. The topological polar surface area (TPSA) is 18.5 Å². The Balaban J connectivity index is 4.35. The first-order valence-electron chi connectivity index (χ1n) is 6.13. The van der Waals surface area contributed by atoms with E-state index < -0.39 is 0 Å². The van der Waals surface area contributed by atoms with Gasteiger partial charge in [0.25, 0.3) is 0 Å². The minimum atomic E-state index is 1.03. The molecule has 0 spiro atoms. The molecular formula is C13H27N3. The maximum atomic E-state index is 4.14. The lowest BCUT2D eigenvalue weighted by Crippen LogP contribution is -2.40. The Morgan fingerprint density at radius 3 is 2.12 bits per heavy atom. The highest BCUT2D eigenvalue weighted by atomic mass is 15.5. The Morgan fingerprint density at radius 2 is 1.75 bits per heavy atom. The molecule has 0 aliphatic rings. The number of allylic oxidation sites excluding steroid dienone is 2. The molecule has 0 bridgehead atoms. The second kappa shape index (κ2) is 8.08. The quantitative estimate of drug-likeness (QED) is 0.641. The number of hydrogen-bond acceptors (Lipinski definition) is 3. The van der Waals surface area contributed by atoms with E-state index in [-0.39, 0.29) is 0 Å². The fraction of sp³-hybridized carbons (Fsp3) is 0.692. The van der Waals surface area contributed by atoms with Crippen molar-refractivity contribution < 1.29 is 0 Å². The molecule has 0 saturated carbocycles. The summed E-state index contributed by atoms with van der Waals surface area (Å²) in [6.45, 7) is 14.7. The maximum absolute atomic E-state index is 4.14. The molecule has 0 amide bonds. The van der Waals surface area contributed by atoms with Crippen LogP contribution in [0.3, 0.4) is 0 Å². The van der Waals surface area contributed by atoms with Gasteiger partial charge in [-0.25, -0.2) is 0 Å². The van der Waals surface area contributed by atoms with Crippen molar-refractivity contribution in [3.63, 3.8) is 0 Å². The molecule has 0 saturated heterocycles. The average molecular weight is 225 g/mol. The molecule has 0 heterocycles. The van der Waals surface area contributed by atoms with E-state index in [2.05, 4.69) is 30.8 Å². The lowest BCUT2D eigenvalue weighted by Gasteiger charge is -2.33. The Hall–Kier alpha value is -1.12. The zero-order valence-corrected chi connectivity index (χ0v) is 11.5. The summed E-state index contributed by atoms with van der Waals surface area (Å²) in [4.78, 5) is 2.32. The Morgan fingerprint density at radius 1 is 1.25 bits per heavy atom. The zero-order chi connectivity index (χ0) is 12.6. The molecule has 0 fully saturated rings. The summed E-state index contributed by atoms with van der Waals surface area (Å²) in [5.74, 6) is 1.03. The van der Waals surface area contributed by atoms with Crippen molar-refractivity contribution in [2.75, 3.05) is 20.1 Å². The molecule has 0 radical (unpaired) electrons. The monoisotopic (exact) mass is 225 g/mol. The van der Waals surface area contributed by atoms with Crippen LogP contribution in [0.25, 0.3) is 0 Å². The number of nitrogens with zero attached hydrogens (tertiary/aromatic N) is 2. The van der Waals surface area contributed by atoms with Gasteiger partial charge in [-0.2, -0.15) is 0 Å². The number of hydrogen-bond donors (Lipinski definition) is 1. The third-order valence-corrected chi connectivity index (χ3v) is 2.52. The fourth-order valence-electron chi connectivity index (χ4n) is 1.52. The van der Waals surface area contributed by atoms with Crippen LogP contribution in [0.1, 0.15) is 40.5 Å². The van der Waals surface area contributed by atoms with Gasteiger partial charge in [0.1, 0.15) is 5.82 Å². The van der Waals surface area contributed by atoms with Crippen molar-refractivity contribution in [2.24, 2.45) is 0 Å². The third kappa shape index (κ3) is 5.10. The van der Waals surface area contributed by atoms with Crippen molar-refractivity contribution in [1.29, 1.82) is 0 Å². The summed E-state index contributed by atoms with van der Waals surface area (Å²) >= 11 is 0. The van der Waals surface area contributed by atoms with Crippen molar-refractivity contribution in [3.05, 3.63) is 24.2 Å². The first-order chi connectivity index (χ1) is 7.56. The van der Waals surface area contributed by atoms with Crippen molar-refractivity contribution >= 4 is 0 Å². The van der Waals surface area contributed by atoms with Crippen LogP contribution in [-0.2, 0) is 0 Å². The van der Waals surface area contributed by atoms with Gasteiger partial charge in [0.2, 0.25) is 0 Å². The third-order valence-electron chi connectivity index (χ3n) is 2.52. The van der Waals surface area contributed by atoms with E-state index in [1.165, 1.54) is 0 Å². The Kier molecular flexibility index (Phi) is 7.52. The van der Waals surface area contributed by atoms with Crippen LogP contribution >= 0.6 is 0 Å². The van der Waals surface area contributed by atoms with Crippen LogP contribution in [-0.4, -0.2) is 30.0 Å². The van der Waals surface area contributed by atoms with E-state index in [9.17, 15) is 0 Å². The summed E-state index contributed by atoms with van der Waals surface area (Å²) in [6, 6.07) is 0. The molecule has 0 aromatic heterocycles. The van der Waals surface area contributed by atoms with E-state index in [1.807, 2.05) is 32.0 Å². The normalized spacial score (nSPS) is 11.2. The SMILES string of the molecule is C=C(N(CCC)CCC)N(C)N/C(C)=C\C. The highest BCUT2D eigenvalue weighted by Gasteiger charge is 2.09. The van der Waals surface area contributed by atoms with E-state index in [1.54, 1.807) is 0 Å². The molecule has 0 aliphatic carbocycles. The summed E-state index contributed by atoms with van der Waals surface area (Å²) in [7, 11) is 2.01. The van der Waals surface area contributed by atoms with Gasteiger partial charge in [0.05, 0.1) is 0 Å². The fourth-order valence-corrected chi connectivity index (χ4v) is 1.52. The van der Waals surface area contributed by atoms with Crippen molar-refractivity contribution in [3.8, 4) is 0 Å². The van der Waals surface area contributed by atoms with Gasteiger partial charge >= 0.3 is 0 Å². The largest absolute Gasteiger partial charge is 0.357 e. The van der Waals surface area contributed by atoms with Crippen LogP contribution in [0, 0.1) is 0 Å². The summed E-state index contributed by atoms with van der Waals surface area (Å²) in [6.07, 6.45) is 4.35. The molecule has 1 N–H and O–H groups in total. The predicted molar refractivity (Wildman–Crippen MR) is 71.6 cm³/mol. The number of rotatable bonds is 8. The van der Waals surface area contributed by atoms with Gasteiger partial charge in [-0.3, -0.25) is 5.01 Å². The predicted octanol–water partition coefficient (Wildman–Crippen LogP) is 2.94. The lowest BCUT2D eigenvalue weighted by molar-refractivity contribution is 0.203. The molecule has 0 aromatic rings. The van der Waals surface area contributed by atoms with E-state index in [4.69, 9.17) is 0 Å². The molecule has 3 nitrogen and oxygen atoms in total. The number of nitrogens with one attached hydrogen (secondary N) is 1. The molecule has 3 heteroatoms. The van der Waals surface area contributed by atoms with Crippen LogP contribution in [0.15, 0.2) is 24.2 Å². The molecule has 0 rings (SSSR count). The summed E-state index contributed by atoms with van der Waals surface area (Å²) < 4.78 is 0. The van der Waals surface area contributed by atoms with Gasteiger partial charge in [-0.1, -0.05) is 26.5 Å². The molecule has 0 aliphatic heterocycles. The first-order valence-corrected chi connectivity index (χ1v) is 6.13. The second-order valence-corrected chi connectivity index (χ2v) is 4.05.